The van der Waals surface area contributed by atoms with Gasteiger partial charge in [0, 0.05) is 5.56 Å². The van der Waals surface area contributed by atoms with Gasteiger partial charge < -0.3 is 0 Å². The maximum Gasteiger partial charge on any atom is 0.184 e. The Bertz CT molecular complexity index is 781. The van der Waals surface area contributed by atoms with E-state index in [1.54, 1.807) is 0 Å². The molecule has 0 fully saturated rings. The molecular weight excluding hydrogens is 274 g/mol. The summed E-state index contributed by atoms with van der Waals surface area (Å²) in [6.07, 6.45) is 2.86. The predicted molar refractivity (Wildman–Crippen MR) is 74.8 cm³/mol. The first-order chi connectivity index (χ1) is 10.2. The fourth-order valence-corrected chi connectivity index (χ4v) is 1.81. The van der Waals surface area contributed by atoms with Crippen LogP contribution in [0.15, 0.2) is 60.0 Å². The number of hydrogen-bond donors (Lipinski definition) is 0. The maximum atomic E-state index is 13.1. The summed E-state index contributed by atoms with van der Waals surface area (Å²) in [5.41, 5.74) is 1.30. The van der Waals surface area contributed by atoms with E-state index < -0.39 is 11.6 Å². The van der Waals surface area contributed by atoms with E-state index in [0.717, 1.165) is 17.7 Å². The summed E-state index contributed by atoms with van der Waals surface area (Å²) in [5, 5.41) is 12.0. The Morgan fingerprint density at radius 1 is 1.00 bits per heavy atom. The molecule has 0 amide bonds. The van der Waals surface area contributed by atoms with Crippen LogP contribution in [-0.4, -0.2) is 21.1 Å². The van der Waals surface area contributed by atoms with Crippen molar-refractivity contribution in [3.8, 4) is 11.4 Å². The molecule has 0 unspecified atom stereocenters. The van der Waals surface area contributed by atoms with Crippen molar-refractivity contribution < 1.29 is 8.78 Å². The standard InChI is InChI=1S/C15H10F2N4/c16-13-7-6-11(8-14(13)17)9-19-21-10-18-20-15(21)12-4-2-1-3-5-12/h1-10H/b19-9-. The van der Waals surface area contributed by atoms with E-state index in [0.29, 0.717) is 11.4 Å². The SMILES string of the molecule is Fc1ccc(/C=N\n2cnnc2-c2ccccc2)cc1F. The molecule has 1 heterocycles. The maximum absolute atomic E-state index is 13.1. The lowest BCUT2D eigenvalue weighted by Gasteiger charge is -2.00. The summed E-state index contributed by atoms with van der Waals surface area (Å²) in [6.45, 7) is 0. The fourth-order valence-electron chi connectivity index (χ4n) is 1.81. The third kappa shape index (κ3) is 2.84. The van der Waals surface area contributed by atoms with Crippen LogP contribution < -0.4 is 0 Å². The van der Waals surface area contributed by atoms with E-state index >= 15 is 0 Å². The average molecular weight is 284 g/mol. The fraction of sp³-hybridized carbons (Fsp3) is 0. The van der Waals surface area contributed by atoms with Crippen molar-refractivity contribution in [3.05, 3.63) is 72.1 Å². The minimum atomic E-state index is -0.911. The van der Waals surface area contributed by atoms with Crippen molar-refractivity contribution in [2.45, 2.75) is 0 Å². The molecule has 3 rings (SSSR count). The van der Waals surface area contributed by atoms with Gasteiger partial charge in [-0.2, -0.15) is 9.78 Å². The van der Waals surface area contributed by atoms with Crippen molar-refractivity contribution in [2.75, 3.05) is 0 Å². The van der Waals surface area contributed by atoms with Crippen LogP contribution in [0.4, 0.5) is 8.78 Å². The Labute approximate surface area is 119 Å². The molecule has 2 aromatic carbocycles. The first-order valence-electron chi connectivity index (χ1n) is 6.19. The molecule has 0 N–H and O–H groups in total. The molecule has 0 atom stereocenters. The van der Waals surface area contributed by atoms with E-state index in [1.165, 1.54) is 23.3 Å². The van der Waals surface area contributed by atoms with Gasteiger partial charge in [-0.05, 0) is 17.7 Å². The molecule has 1 aromatic heterocycles. The smallest absolute Gasteiger partial charge is 0.184 e. The van der Waals surface area contributed by atoms with Crippen LogP contribution in [0.5, 0.6) is 0 Å². The second-order valence-electron chi connectivity index (χ2n) is 4.28. The zero-order valence-corrected chi connectivity index (χ0v) is 10.8. The lowest BCUT2D eigenvalue weighted by atomic mass is 10.2. The first kappa shape index (κ1) is 13.1. The molecule has 0 bridgehead atoms. The third-order valence-corrected chi connectivity index (χ3v) is 2.84. The zero-order chi connectivity index (χ0) is 14.7. The molecule has 0 aliphatic heterocycles. The summed E-state index contributed by atoms with van der Waals surface area (Å²) < 4.78 is 27.4. The Balaban J connectivity index is 1.90. The van der Waals surface area contributed by atoms with Crippen molar-refractivity contribution in [2.24, 2.45) is 5.10 Å². The Morgan fingerprint density at radius 3 is 2.57 bits per heavy atom. The predicted octanol–water partition coefficient (Wildman–Crippen LogP) is 3.11. The molecule has 0 spiro atoms. The van der Waals surface area contributed by atoms with Gasteiger partial charge in [-0.25, -0.2) is 8.78 Å². The molecule has 6 heteroatoms. The van der Waals surface area contributed by atoms with Crippen LogP contribution in [0.3, 0.4) is 0 Å². The van der Waals surface area contributed by atoms with Crippen molar-refractivity contribution in [1.82, 2.24) is 14.9 Å². The second kappa shape index (κ2) is 5.62. The van der Waals surface area contributed by atoms with Crippen LogP contribution >= 0.6 is 0 Å². The summed E-state index contributed by atoms with van der Waals surface area (Å²) in [5.74, 6) is -1.23. The zero-order valence-electron chi connectivity index (χ0n) is 10.8. The van der Waals surface area contributed by atoms with Crippen molar-refractivity contribution >= 4 is 6.21 Å². The number of halogens is 2. The normalized spacial score (nSPS) is 11.1. The molecule has 3 aromatic rings. The quantitative estimate of drug-likeness (QED) is 0.694. The topological polar surface area (TPSA) is 43.1 Å². The number of benzene rings is 2. The van der Waals surface area contributed by atoms with Gasteiger partial charge in [0.25, 0.3) is 0 Å². The van der Waals surface area contributed by atoms with Crippen LogP contribution in [0.2, 0.25) is 0 Å². The van der Waals surface area contributed by atoms with Gasteiger partial charge in [-0.3, -0.25) is 0 Å². The number of nitrogens with zero attached hydrogens (tertiary/aromatic N) is 4. The molecule has 0 radical (unpaired) electrons. The molecule has 104 valence electrons. The highest BCUT2D eigenvalue weighted by atomic mass is 19.2. The average Bonchev–Trinajstić information content (AvgIpc) is 2.98. The molecule has 0 saturated heterocycles. The van der Waals surface area contributed by atoms with Gasteiger partial charge in [0.05, 0.1) is 6.21 Å². The number of aromatic nitrogens is 3. The Kier molecular flexibility index (Phi) is 3.51. The summed E-state index contributed by atoms with van der Waals surface area (Å²) in [4.78, 5) is 0. The van der Waals surface area contributed by atoms with Crippen LogP contribution in [0, 0.1) is 11.6 Å². The van der Waals surface area contributed by atoms with E-state index in [-0.39, 0.29) is 0 Å². The molecule has 4 nitrogen and oxygen atoms in total. The van der Waals surface area contributed by atoms with Gasteiger partial charge >= 0.3 is 0 Å². The van der Waals surface area contributed by atoms with Gasteiger partial charge in [-0.15, -0.1) is 10.2 Å². The van der Waals surface area contributed by atoms with Gasteiger partial charge in [0.15, 0.2) is 17.5 Å². The molecule has 0 saturated carbocycles. The highest BCUT2D eigenvalue weighted by Crippen LogP contribution is 2.15. The molecule has 0 aliphatic rings. The molecular formula is C15H10F2N4. The van der Waals surface area contributed by atoms with Crippen LogP contribution in [-0.2, 0) is 0 Å². The van der Waals surface area contributed by atoms with Crippen molar-refractivity contribution in [3.63, 3.8) is 0 Å². The highest BCUT2D eigenvalue weighted by molar-refractivity contribution is 5.79. The van der Waals surface area contributed by atoms with Gasteiger partial charge in [-0.1, -0.05) is 36.4 Å². The number of hydrogen-bond acceptors (Lipinski definition) is 3. The van der Waals surface area contributed by atoms with Crippen LogP contribution in [0.25, 0.3) is 11.4 Å². The monoisotopic (exact) mass is 284 g/mol. The van der Waals surface area contributed by atoms with Crippen LogP contribution in [0.1, 0.15) is 5.56 Å². The van der Waals surface area contributed by atoms with E-state index in [9.17, 15) is 8.78 Å². The van der Waals surface area contributed by atoms with E-state index in [1.807, 2.05) is 30.3 Å². The summed E-state index contributed by atoms with van der Waals surface area (Å²) >= 11 is 0. The Hall–Kier alpha value is -2.89. The lowest BCUT2D eigenvalue weighted by Crippen LogP contribution is -1.94. The Morgan fingerprint density at radius 2 is 1.81 bits per heavy atom. The minimum absolute atomic E-state index is 0.446. The minimum Gasteiger partial charge on any atom is -0.204 e. The summed E-state index contributed by atoms with van der Waals surface area (Å²) in [6, 6.07) is 13.0. The highest BCUT2D eigenvalue weighted by Gasteiger charge is 2.05. The molecule has 0 aliphatic carbocycles. The molecule has 21 heavy (non-hydrogen) atoms. The largest absolute Gasteiger partial charge is 0.204 e. The lowest BCUT2D eigenvalue weighted by molar-refractivity contribution is 0.508. The van der Waals surface area contributed by atoms with E-state index in [2.05, 4.69) is 15.3 Å². The number of rotatable bonds is 3. The van der Waals surface area contributed by atoms with Gasteiger partial charge in [0.1, 0.15) is 6.33 Å². The second-order valence-corrected chi connectivity index (χ2v) is 4.28. The van der Waals surface area contributed by atoms with Gasteiger partial charge in [0.2, 0.25) is 0 Å². The summed E-state index contributed by atoms with van der Waals surface area (Å²) in [7, 11) is 0. The van der Waals surface area contributed by atoms with Crippen molar-refractivity contribution in [1.29, 1.82) is 0 Å². The first-order valence-corrected chi connectivity index (χ1v) is 6.19. The third-order valence-electron chi connectivity index (χ3n) is 2.84. The van der Waals surface area contributed by atoms with E-state index in [4.69, 9.17) is 0 Å².